The third-order valence-electron chi connectivity index (χ3n) is 6.04. The topological polar surface area (TPSA) is 15.7 Å². The van der Waals surface area contributed by atoms with E-state index in [0.29, 0.717) is 12.2 Å². The fraction of sp³-hybridized carbons (Fsp3) is 1.00. The van der Waals surface area contributed by atoms with E-state index in [1.54, 1.807) is 0 Å². The van der Waals surface area contributed by atoms with E-state index in [1.807, 2.05) is 0 Å². The molecule has 0 amide bonds. The Morgan fingerprint density at radius 1 is 1.11 bits per heavy atom. The van der Waals surface area contributed by atoms with Gasteiger partial charge in [-0.1, -0.05) is 13.8 Å². The predicted octanol–water partition coefficient (Wildman–Crippen LogP) is 2.11. The third-order valence-corrected chi connectivity index (χ3v) is 6.04. The van der Waals surface area contributed by atoms with Crippen molar-refractivity contribution in [2.24, 2.45) is 5.92 Å². The van der Waals surface area contributed by atoms with Crippen LogP contribution in [0.2, 0.25) is 0 Å². The Labute approximate surface area is 117 Å². The van der Waals surface area contributed by atoms with Crippen molar-refractivity contribution in [3.63, 3.8) is 0 Å². The number of hydrogen-bond donors (Lipinski definition) is 0. The maximum absolute atomic E-state index is 6.12. The molecule has 0 aliphatic carbocycles. The molecule has 4 saturated heterocycles. The summed E-state index contributed by atoms with van der Waals surface area (Å²) in [6.45, 7) is 8.76. The molecule has 19 heavy (non-hydrogen) atoms. The SMILES string of the molecule is CC(C)C1CN2CCCC2CN1C1CC2CCC1O2. The highest BCUT2D eigenvalue weighted by Crippen LogP contribution is 2.40. The van der Waals surface area contributed by atoms with Crippen molar-refractivity contribution in [2.75, 3.05) is 19.6 Å². The van der Waals surface area contributed by atoms with Crippen LogP contribution >= 0.6 is 0 Å². The first-order valence-corrected chi connectivity index (χ1v) is 8.37. The zero-order valence-electron chi connectivity index (χ0n) is 12.4. The molecule has 0 aromatic heterocycles. The van der Waals surface area contributed by atoms with Crippen molar-refractivity contribution in [2.45, 2.75) is 76.3 Å². The fourth-order valence-electron chi connectivity index (χ4n) is 5.00. The van der Waals surface area contributed by atoms with E-state index in [2.05, 4.69) is 23.6 Å². The maximum atomic E-state index is 6.12. The molecule has 0 aromatic carbocycles. The van der Waals surface area contributed by atoms with Crippen molar-refractivity contribution < 1.29 is 4.74 Å². The minimum Gasteiger partial charge on any atom is -0.373 e. The molecule has 108 valence electrons. The van der Waals surface area contributed by atoms with E-state index < -0.39 is 0 Å². The van der Waals surface area contributed by atoms with Crippen LogP contribution in [0, 0.1) is 5.92 Å². The summed E-state index contributed by atoms with van der Waals surface area (Å²) in [5.74, 6) is 0.765. The highest BCUT2D eigenvalue weighted by Gasteiger charge is 2.48. The fourth-order valence-corrected chi connectivity index (χ4v) is 5.00. The van der Waals surface area contributed by atoms with Crippen molar-refractivity contribution in [1.82, 2.24) is 9.80 Å². The van der Waals surface area contributed by atoms with E-state index in [-0.39, 0.29) is 0 Å². The first-order chi connectivity index (χ1) is 9.22. The first-order valence-electron chi connectivity index (χ1n) is 8.37. The standard InChI is InChI=1S/C16H28N2O/c1-11(2)15-10-17-7-3-4-12(17)9-18(15)14-8-13-5-6-16(14)19-13/h11-16H,3-10H2,1-2H3. The molecule has 0 saturated carbocycles. The molecule has 4 heterocycles. The van der Waals surface area contributed by atoms with Crippen LogP contribution < -0.4 is 0 Å². The summed E-state index contributed by atoms with van der Waals surface area (Å²) in [6.07, 6.45) is 7.91. The summed E-state index contributed by atoms with van der Waals surface area (Å²) < 4.78 is 6.12. The van der Waals surface area contributed by atoms with Crippen LogP contribution in [0.4, 0.5) is 0 Å². The second kappa shape index (κ2) is 4.71. The van der Waals surface area contributed by atoms with Gasteiger partial charge in [-0.15, -0.1) is 0 Å². The average Bonchev–Trinajstić information content (AvgIpc) is 3.12. The van der Waals surface area contributed by atoms with Gasteiger partial charge in [0, 0.05) is 31.2 Å². The van der Waals surface area contributed by atoms with Crippen LogP contribution in [0.25, 0.3) is 0 Å². The van der Waals surface area contributed by atoms with E-state index in [9.17, 15) is 0 Å². The lowest BCUT2D eigenvalue weighted by Crippen LogP contribution is -2.62. The third kappa shape index (κ3) is 2.05. The van der Waals surface area contributed by atoms with Crippen molar-refractivity contribution in [3.8, 4) is 0 Å². The van der Waals surface area contributed by atoms with Gasteiger partial charge in [0.05, 0.1) is 12.2 Å². The Morgan fingerprint density at radius 3 is 2.68 bits per heavy atom. The molecule has 0 radical (unpaired) electrons. The smallest absolute Gasteiger partial charge is 0.0736 e. The normalized spacial score (nSPS) is 47.2. The molecule has 4 aliphatic heterocycles. The van der Waals surface area contributed by atoms with Crippen molar-refractivity contribution in [3.05, 3.63) is 0 Å². The average molecular weight is 264 g/mol. The maximum Gasteiger partial charge on any atom is 0.0736 e. The highest BCUT2D eigenvalue weighted by molar-refractivity contribution is 5.02. The Hall–Kier alpha value is -0.120. The minimum absolute atomic E-state index is 0.555. The van der Waals surface area contributed by atoms with Gasteiger partial charge in [-0.3, -0.25) is 9.80 Å². The monoisotopic (exact) mass is 264 g/mol. The van der Waals surface area contributed by atoms with E-state index >= 15 is 0 Å². The summed E-state index contributed by atoms with van der Waals surface area (Å²) in [7, 11) is 0. The van der Waals surface area contributed by atoms with Gasteiger partial charge in [0.2, 0.25) is 0 Å². The van der Waals surface area contributed by atoms with Gasteiger partial charge in [-0.2, -0.15) is 0 Å². The van der Waals surface area contributed by atoms with Crippen molar-refractivity contribution >= 4 is 0 Å². The Balaban J connectivity index is 1.54. The number of nitrogens with zero attached hydrogens (tertiary/aromatic N) is 2. The van der Waals surface area contributed by atoms with Gasteiger partial charge in [-0.25, -0.2) is 0 Å². The molecule has 4 rings (SSSR count). The zero-order chi connectivity index (χ0) is 13.0. The molecular weight excluding hydrogens is 236 g/mol. The Bertz CT molecular complexity index is 346. The molecule has 5 atom stereocenters. The largest absolute Gasteiger partial charge is 0.373 e. The lowest BCUT2D eigenvalue weighted by Gasteiger charge is -2.49. The summed E-state index contributed by atoms with van der Waals surface area (Å²) in [4.78, 5) is 5.62. The Kier molecular flexibility index (Phi) is 3.13. The molecule has 4 aliphatic rings. The van der Waals surface area contributed by atoms with Gasteiger partial charge < -0.3 is 4.74 Å². The van der Waals surface area contributed by atoms with Gasteiger partial charge in [0.15, 0.2) is 0 Å². The second-order valence-corrected chi connectivity index (χ2v) is 7.48. The van der Waals surface area contributed by atoms with E-state index in [0.717, 1.165) is 24.0 Å². The highest BCUT2D eigenvalue weighted by atomic mass is 16.5. The zero-order valence-corrected chi connectivity index (χ0v) is 12.4. The summed E-state index contributed by atoms with van der Waals surface area (Å²) in [5, 5.41) is 0. The lowest BCUT2D eigenvalue weighted by atomic mass is 9.88. The Morgan fingerprint density at radius 2 is 2.00 bits per heavy atom. The number of hydrogen-bond acceptors (Lipinski definition) is 3. The van der Waals surface area contributed by atoms with Gasteiger partial charge in [-0.05, 0) is 44.6 Å². The van der Waals surface area contributed by atoms with Crippen LogP contribution in [-0.4, -0.2) is 59.8 Å². The predicted molar refractivity (Wildman–Crippen MR) is 76.2 cm³/mol. The quantitative estimate of drug-likeness (QED) is 0.760. The van der Waals surface area contributed by atoms with Crippen LogP contribution in [-0.2, 0) is 4.74 Å². The molecule has 3 heteroatoms. The number of rotatable bonds is 2. The molecule has 2 bridgehead atoms. The summed E-state index contributed by atoms with van der Waals surface area (Å²) in [6, 6.07) is 2.32. The molecule has 0 spiro atoms. The molecular formula is C16H28N2O. The number of fused-ring (bicyclic) bond motifs is 3. The number of ether oxygens (including phenoxy) is 1. The van der Waals surface area contributed by atoms with Crippen LogP contribution in [0.1, 0.15) is 46.0 Å². The van der Waals surface area contributed by atoms with Gasteiger partial charge in [0.1, 0.15) is 0 Å². The summed E-state index contributed by atoms with van der Waals surface area (Å²) in [5.41, 5.74) is 0. The van der Waals surface area contributed by atoms with E-state index in [1.165, 1.54) is 51.7 Å². The second-order valence-electron chi connectivity index (χ2n) is 7.48. The number of piperazine rings is 1. The van der Waals surface area contributed by atoms with Gasteiger partial charge >= 0.3 is 0 Å². The molecule has 0 N–H and O–H groups in total. The molecule has 3 nitrogen and oxygen atoms in total. The summed E-state index contributed by atoms with van der Waals surface area (Å²) >= 11 is 0. The minimum atomic E-state index is 0.555. The van der Waals surface area contributed by atoms with Crippen LogP contribution in [0.15, 0.2) is 0 Å². The lowest BCUT2D eigenvalue weighted by molar-refractivity contribution is -0.0213. The molecule has 0 aromatic rings. The molecule has 4 fully saturated rings. The van der Waals surface area contributed by atoms with Crippen molar-refractivity contribution in [1.29, 1.82) is 0 Å². The first kappa shape index (κ1) is 12.6. The van der Waals surface area contributed by atoms with Gasteiger partial charge in [0.25, 0.3) is 0 Å². The van der Waals surface area contributed by atoms with Crippen LogP contribution in [0.5, 0.6) is 0 Å². The van der Waals surface area contributed by atoms with E-state index in [4.69, 9.17) is 4.74 Å². The van der Waals surface area contributed by atoms with Crippen LogP contribution in [0.3, 0.4) is 0 Å². The molecule has 5 unspecified atom stereocenters.